The average molecular weight is 1290 g/mol. The average Bonchev–Trinajstić information content (AvgIpc) is 1.55. The van der Waals surface area contributed by atoms with E-state index in [9.17, 15) is 131 Å². The van der Waals surface area contributed by atoms with Crippen molar-refractivity contribution in [2.45, 2.75) is 229 Å². The van der Waals surface area contributed by atoms with Crippen LogP contribution in [0.3, 0.4) is 0 Å². The number of aliphatic carboxylic acids is 2. The number of carboxylic acids is 2. The Hall–Kier alpha value is -3.85. The molecule has 24 N–H and O–H groups in total. The Labute approximate surface area is 496 Å². The summed E-state index contributed by atoms with van der Waals surface area (Å²) in [4.78, 5) is 64.3. The minimum absolute atomic E-state index is 0.877. The molecule has 0 aromatic rings. The molecule has 6 heterocycles. The number of carbonyl (C=O) groups excluding carboxylic acids is 3. The van der Waals surface area contributed by atoms with Crippen LogP contribution < -0.4 is 16.0 Å². The zero-order chi connectivity index (χ0) is 65.8. The Bertz CT molecular complexity index is 2320. The van der Waals surface area contributed by atoms with Gasteiger partial charge >= 0.3 is 11.9 Å². The summed E-state index contributed by atoms with van der Waals surface area (Å²) >= 11 is 0. The number of hydrogen-bond donors (Lipinski definition) is 24. The van der Waals surface area contributed by atoms with Gasteiger partial charge in [-0.2, -0.15) is 0 Å². The smallest absolute Gasteiger partial charge is 0.364 e. The fourth-order valence-electron chi connectivity index (χ4n) is 11.0. The maximum absolute atomic E-state index is 13.6. The Morgan fingerprint density at radius 1 is 0.477 bits per heavy atom. The molecule has 32 atom stereocenters. The Balaban J connectivity index is 1.35. The molecule has 6 aliphatic rings. The van der Waals surface area contributed by atoms with Crippen molar-refractivity contribution in [2.24, 2.45) is 0 Å². The highest BCUT2D eigenvalue weighted by Gasteiger charge is 2.62. The summed E-state index contributed by atoms with van der Waals surface area (Å²) in [6.45, 7) is -4.49. The summed E-state index contributed by atoms with van der Waals surface area (Å²) in [6, 6.07) is -5.70. The van der Waals surface area contributed by atoms with Crippen LogP contribution in [0.1, 0.15) is 33.6 Å². The standard InChI is InChI=1S/C48H79N3O37/c1-12(57)49-23-16(61)5-48(46(76)77,88-39(23)26(63)17(62)6-52)86-19(8-54)28(65)40-24(50-13(2)58)15(60)4-47(87-40,45(74)75)78-11-22-29(66)38(85-43-34(71)30(67)27(64)18(7-53)80-43)25(51-14(3)59)42(82-22)83-37-21(10-56)81-44(35(72)32(37)69)84-36-20(9-55)79-41(73)33(70)31(36)68/h15-44,52-56,60-73H,4-11H2,1-3H3,(H,49,57)(H,50,58)(H,51,59)(H,74,75)(H,76,77)/t15-,16-,17+,18+,19+,20+,21+,22+,23+,24+,25+,26+,27-,28+,29-,30-,31+,32+,33+,34+,35+,36+,37-,38+,39+,40+,41+,42-,43-,44-,47+,48+/m0/s1. The van der Waals surface area contributed by atoms with Crippen LogP contribution in [0.4, 0.5) is 0 Å². The zero-order valence-corrected chi connectivity index (χ0v) is 46.9. The van der Waals surface area contributed by atoms with E-state index in [1.54, 1.807) is 0 Å². The first-order valence-corrected chi connectivity index (χ1v) is 27.4. The summed E-state index contributed by atoms with van der Waals surface area (Å²) in [6.07, 6.45) is -60.5. The highest BCUT2D eigenvalue weighted by Crippen LogP contribution is 2.40. The molecule has 6 fully saturated rings. The lowest BCUT2D eigenvalue weighted by atomic mass is 9.87. The minimum atomic E-state index is -3.36. The molecule has 0 aromatic heterocycles. The van der Waals surface area contributed by atoms with Gasteiger partial charge in [0.2, 0.25) is 17.7 Å². The first kappa shape index (κ1) is 73.2. The lowest BCUT2D eigenvalue weighted by molar-refractivity contribution is -0.382. The molecule has 0 bridgehead atoms. The van der Waals surface area contributed by atoms with Gasteiger partial charge in [0.25, 0.3) is 11.6 Å². The highest BCUT2D eigenvalue weighted by atomic mass is 16.8. The van der Waals surface area contributed by atoms with Crippen LogP contribution in [0.25, 0.3) is 0 Å². The van der Waals surface area contributed by atoms with Gasteiger partial charge in [0.05, 0.1) is 63.9 Å². The number of ether oxygens (including phenoxy) is 11. The SMILES string of the molecule is CC(=O)N[C@H]1[C@H](O[C@@H]2[C@H](O)[C@@H](O)[C@H](O[C@H]3[C@H](O)[C@@H](O)[C@H](O)O[C@@H]3CO)O[C@@H]2CO)O[C@H](CO[C@]2(C(=O)O)C[C@H](O)[C@@H](NC(C)=O)[C@H]([C@H](O)[C@@H](CO)O[C@]3(C(=O)O)C[C@H](O)[C@@H](NC(C)=O)[C@H]([C@H](O)[C@H](O)CO)O3)O2)[C@H](O)[C@@H]1O[C@@H]1O[C@H](CO)[C@H](O)[C@H](O)[C@H]1O. The van der Waals surface area contributed by atoms with Crippen LogP contribution >= 0.6 is 0 Å². The predicted octanol–water partition coefficient (Wildman–Crippen LogP) is -15.3. The van der Waals surface area contributed by atoms with Crippen molar-refractivity contribution in [3.8, 4) is 0 Å². The lowest BCUT2D eigenvalue weighted by Crippen LogP contribution is -2.71. The molecule has 6 aliphatic heterocycles. The van der Waals surface area contributed by atoms with Gasteiger partial charge in [-0.05, 0) is 0 Å². The van der Waals surface area contributed by atoms with Crippen molar-refractivity contribution in [3.63, 3.8) is 0 Å². The Morgan fingerprint density at radius 2 is 0.909 bits per heavy atom. The molecule has 0 unspecified atom stereocenters. The maximum Gasteiger partial charge on any atom is 0.364 e. The molecule has 40 heteroatoms. The van der Waals surface area contributed by atoms with Crippen molar-refractivity contribution < 1.29 is 183 Å². The number of carbonyl (C=O) groups is 5. The summed E-state index contributed by atoms with van der Waals surface area (Å²) in [5, 5.41) is 233. The maximum atomic E-state index is 13.6. The van der Waals surface area contributed by atoms with Crippen molar-refractivity contribution in [2.75, 3.05) is 39.6 Å². The minimum Gasteiger partial charge on any atom is -0.477 e. The van der Waals surface area contributed by atoms with Crippen LogP contribution in [0.15, 0.2) is 0 Å². The molecular weight excluding hydrogens is 1210 g/mol. The number of nitrogens with one attached hydrogen (secondary N) is 3. The van der Waals surface area contributed by atoms with Gasteiger partial charge in [-0.1, -0.05) is 0 Å². The molecule has 40 nitrogen and oxygen atoms in total. The first-order valence-electron chi connectivity index (χ1n) is 27.4. The zero-order valence-electron chi connectivity index (χ0n) is 46.9. The van der Waals surface area contributed by atoms with Gasteiger partial charge in [-0.15, -0.1) is 0 Å². The van der Waals surface area contributed by atoms with Crippen LogP contribution in [-0.4, -0.2) is 372 Å². The van der Waals surface area contributed by atoms with Crippen molar-refractivity contribution >= 4 is 29.7 Å². The Morgan fingerprint density at radius 3 is 1.41 bits per heavy atom. The number of rotatable bonds is 25. The molecule has 0 saturated carbocycles. The Kier molecular flexibility index (Phi) is 25.6. The van der Waals surface area contributed by atoms with Crippen LogP contribution in [0.2, 0.25) is 0 Å². The predicted molar refractivity (Wildman–Crippen MR) is 268 cm³/mol. The van der Waals surface area contributed by atoms with E-state index in [0.29, 0.717) is 0 Å². The van der Waals surface area contributed by atoms with E-state index in [1.807, 2.05) is 0 Å². The normalized spacial score (nSPS) is 44.6. The molecular formula is C48H79N3O37. The number of carboxylic acid groups (broad SMARTS) is 2. The highest BCUT2D eigenvalue weighted by molar-refractivity contribution is 5.77. The molecule has 6 saturated heterocycles. The van der Waals surface area contributed by atoms with E-state index in [4.69, 9.17) is 52.1 Å². The van der Waals surface area contributed by atoms with Gasteiger partial charge in [-0.25, -0.2) is 9.59 Å². The number of hydrogen-bond acceptors (Lipinski definition) is 35. The van der Waals surface area contributed by atoms with E-state index in [-0.39, 0.29) is 0 Å². The van der Waals surface area contributed by atoms with Crippen molar-refractivity contribution in [1.82, 2.24) is 16.0 Å². The number of aliphatic hydroxyl groups excluding tert-OH is 19. The van der Waals surface area contributed by atoms with Crippen molar-refractivity contribution in [1.29, 1.82) is 0 Å². The summed E-state index contributed by atoms with van der Waals surface area (Å²) in [5.41, 5.74) is 0. The largest absolute Gasteiger partial charge is 0.477 e. The van der Waals surface area contributed by atoms with Gasteiger partial charge in [0.15, 0.2) is 25.2 Å². The number of aliphatic hydroxyl groups is 19. The molecule has 0 radical (unpaired) electrons. The molecule has 6 rings (SSSR count). The van der Waals surface area contributed by atoms with E-state index >= 15 is 0 Å². The van der Waals surface area contributed by atoms with E-state index < -0.39 is 277 Å². The van der Waals surface area contributed by atoms with E-state index in [1.165, 1.54) is 0 Å². The molecule has 0 aliphatic carbocycles. The van der Waals surface area contributed by atoms with Gasteiger partial charge in [0.1, 0.15) is 134 Å². The second kappa shape index (κ2) is 30.7. The van der Waals surface area contributed by atoms with Gasteiger partial charge in [-0.3, -0.25) is 14.4 Å². The third kappa shape index (κ3) is 15.8. The summed E-state index contributed by atoms with van der Waals surface area (Å²) in [5.74, 6) is -13.9. The molecule has 508 valence electrons. The molecule has 3 amide bonds. The molecule has 0 spiro atoms. The van der Waals surface area contributed by atoms with E-state index in [2.05, 4.69) is 16.0 Å². The quantitative estimate of drug-likeness (QED) is 0.0404. The first-order chi connectivity index (χ1) is 41.2. The summed E-state index contributed by atoms with van der Waals surface area (Å²) < 4.78 is 62.7. The molecule has 88 heavy (non-hydrogen) atoms. The fourth-order valence-corrected chi connectivity index (χ4v) is 11.0. The van der Waals surface area contributed by atoms with Gasteiger partial charge in [0, 0.05) is 33.6 Å². The molecule has 0 aromatic carbocycles. The topological polar surface area (TPSA) is 648 Å². The third-order valence-electron chi connectivity index (χ3n) is 15.6. The third-order valence-corrected chi connectivity index (χ3v) is 15.6. The monoisotopic (exact) mass is 1290 g/mol. The lowest BCUT2D eigenvalue weighted by Gasteiger charge is -2.51. The van der Waals surface area contributed by atoms with Crippen molar-refractivity contribution in [3.05, 3.63) is 0 Å². The van der Waals surface area contributed by atoms with Gasteiger partial charge < -0.3 is 175 Å². The second-order valence-electron chi connectivity index (χ2n) is 21.9. The van der Waals surface area contributed by atoms with E-state index in [0.717, 1.165) is 20.8 Å². The summed E-state index contributed by atoms with van der Waals surface area (Å²) in [7, 11) is 0. The van der Waals surface area contributed by atoms with Crippen LogP contribution in [0.5, 0.6) is 0 Å². The van der Waals surface area contributed by atoms with Crippen LogP contribution in [0, 0.1) is 0 Å². The van der Waals surface area contributed by atoms with Crippen LogP contribution in [-0.2, 0) is 76.1 Å². The second-order valence-corrected chi connectivity index (χ2v) is 21.9. The number of amides is 3. The fraction of sp³-hybridized carbons (Fsp3) is 0.896.